The molecule has 2 aromatic carbocycles. The molecule has 0 spiro atoms. The monoisotopic (exact) mass is 295 g/mol. The van der Waals surface area contributed by atoms with Gasteiger partial charge in [0.2, 0.25) is 0 Å². The zero-order chi connectivity index (χ0) is 15.2. The number of carbonyl (C=O) groups excluding carboxylic acids is 1. The smallest absolute Gasteiger partial charge is 0.251 e. The molecule has 1 fully saturated rings. The van der Waals surface area contributed by atoms with E-state index in [1.165, 1.54) is 10.6 Å². The van der Waals surface area contributed by atoms with E-state index in [4.69, 9.17) is 4.84 Å². The van der Waals surface area contributed by atoms with Crippen molar-refractivity contribution in [1.29, 1.82) is 0 Å². The van der Waals surface area contributed by atoms with Crippen LogP contribution in [0.4, 0.5) is 0 Å². The van der Waals surface area contributed by atoms with Crippen molar-refractivity contribution in [1.82, 2.24) is 5.06 Å². The van der Waals surface area contributed by atoms with E-state index in [2.05, 4.69) is 24.3 Å². The third-order valence-electron chi connectivity index (χ3n) is 4.07. The van der Waals surface area contributed by atoms with Crippen molar-refractivity contribution in [2.24, 2.45) is 5.92 Å². The van der Waals surface area contributed by atoms with Gasteiger partial charge in [0.1, 0.15) is 6.61 Å². The number of hydrogen-bond acceptors (Lipinski definition) is 2. The number of amides is 1. The summed E-state index contributed by atoms with van der Waals surface area (Å²) in [5.74, 6) is 0.267. The number of aryl methyl sites for hydroxylation is 1. The molecule has 1 amide bonds. The van der Waals surface area contributed by atoms with Gasteiger partial charge in [-0.2, -0.15) is 0 Å². The summed E-state index contributed by atoms with van der Waals surface area (Å²) in [6.45, 7) is 1.18. The van der Waals surface area contributed by atoms with Crippen LogP contribution in [0.3, 0.4) is 0 Å². The lowest BCUT2D eigenvalue weighted by atomic mass is 9.93. The van der Waals surface area contributed by atoms with Crippen LogP contribution in [0.5, 0.6) is 0 Å². The van der Waals surface area contributed by atoms with Crippen LogP contribution in [0.2, 0.25) is 0 Å². The lowest BCUT2D eigenvalue weighted by Gasteiger charge is -2.37. The van der Waals surface area contributed by atoms with Gasteiger partial charge in [0, 0.05) is 0 Å². The Labute approximate surface area is 131 Å². The summed E-state index contributed by atoms with van der Waals surface area (Å²) in [6.07, 6.45) is 3.03. The first-order valence-corrected chi connectivity index (χ1v) is 7.85. The van der Waals surface area contributed by atoms with E-state index in [0.29, 0.717) is 6.61 Å². The molecule has 0 N–H and O–H groups in total. The van der Waals surface area contributed by atoms with Crippen LogP contribution >= 0.6 is 0 Å². The number of β-lactam (4-membered cyclic amide) rings is 1. The molecule has 2 aromatic rings. The minimum Gasteiger partial charge on any atom is -0.272 e. The molecule has 22 heavy (non-hydrogen) atoms. The number of nitrogens with zero attached hydrogens (tertiary/aromatic N) is 1. The van der Waals surface area contributed by atoms with E-state index in [9.17, 15) is 4.79 Å². The summed E-state index contributed by atoms with van der Waals surface area (Å²) >= 11 is 0. The third-order valence-corrected chi connectivity index (χ3v) is 4.07. The van der Waals surface area contributed by atoms with Gasteiger partial charge in [-0.25, -0.2) is 5.06 Å². The Balaban J connectivity index is 1.35. The highest BCUT2D eigenvalue weighted by atomic mass is 16.7. The van der Waals surface area contributed by atoms with Gasteiger partial charge < -0.3 is 0 Å². The summed E-state index contributed by atoms with van der Waals surface area (Å²) in [7, 11) is 0. The highest BCUT2D eigenvalue weighted by Gasteiger charge is 2.37. The third kappa shape index (κ3) is 3.74. The highest BCUT2D eigenvalue weighted by molar-refractivity contribution is 5.83. The topological polar surface area (TPSA) is 29.5 Å². The Morgan fingerprint density at radius 3 is 2.23 bits per heavy atom. The molecule has 0 saturated carbocycles. The molecule has 3 nitrogen and oxygen atoms in total. The van der Waals surface area contributed by atoms with Crippen molar-refractivity contribution in [3.8, 4) is 0 Å². The van der Waals surface area contributed by atoms with Gasteiger partial charge >= 0.3 is 0 Å². The van der Waals surface area contributed by atoms with Crippen LogP contribution in [-0.2, 0) is 22.7 Å². The first-order valence-electron chi connectivity index (χ1n) is 7.85. The maximum atomic E-state index is 12.0. The van der Waals surface area contributed by atoms with Crippen LogP contribution in [0.15, 0.2) is 60.7 Å². The molecule has 0 aliphatic carbocycles. The van der Waals surface area contributed by atoms with Gasteiger partial charge in [0.05, 0.1) is 12.5 Å². The Bertz CT molecular complexity index is 597. The molecule has 0 aromatic heterocycles. The number of benzene rings is 2. The molecule has 1 saturated heterocycles. The predicted octanol–water partition coefficient (Wildman–Crippen LogP) is 3.60. The van der Waals surface area contributed by atoms with Gasteiger partial charge in [0.15, 0.2) is 0 Å². The fraction of sp³-hybridized carbons (Fsp3) is 0.316. The molecule has 1 aliphatic rings. The second-order valence-corrected chi connectivity index (χ2v) is 5.73. The molecule has 1 heterocycles. The maximum Gasteiger partial charge on any atom is 0.251 e. The molecule has 3 heteroatoms. The molecule has 0 radical (unpaired) electrons. The number of hydrogen-bond donors (Lipinski definition) is 0. The molecule has 1 atom stereocenters. The fourth-order valence-electron chi connectivity index (χ4n) is 2.71. The van der Waals surface area contributed by atoms with Crippen molar-refractivity contribution < 1.29 is 9.63 Å². The van der Waals surface area contributed by atoms with Crippen molar-refractivity contribution in [2.75, 3.05) is 6.54 Å². The zero-order valence-corrected chi connectivity index (χ0v) is 12.7. The molecule has 1 aliphatic heterocycles. The largest absolute Gasteiger partial charge is 0.272 e. The maximum absolute atomic E-state index is 12.0. The lowest BCUT2D eigenvalue weighted by Crippen LogP contribution is -2.51. The Morgan fingerprint density at radius 1 is 0.955 bits per heavy atom. The van der Waals surface area contributed by atoms with E-state index in [-0.39, 0.29) is 11.8 Å². The first kappa shape index (κ1) is 14.8. The molecule has 0 bridgehead atoms. The lowest BCUT2D eigenvalue weighted by molar-refractivity contribution is -0.226. The standard InChI is InChI=1S/C19H21NO2/c21-19-18(13-7-12-16-8-3-1-4-9-16)14-20(19)22-15-17-10-5-2-6-11-17/h1-6,8-11,18H,7,12-15H2/t18-/m1/s1. The first-order chi connectivity index (χ1) is 10.8. The average molecular weight is 295 g/mol. The molecular weight excluding hydrogens is 274 g/mol. The number of carbonyl (C=O) groups is 1. The van der Waals surface area contributed by atoms with Crippen molar-refractivity contribution in [2.45, 2.75) is 25.9 Å². The van der Waals surface area contributed by atoms with Gasteiger partial charge in [-0.3, -0.25) is 9.63 Å². The Kier molecular flexibility index (Phi) is 4.86. The fourth-order valence-corrected chi connectivity index (χ4v) is 2.71. The summed E-state index contributed by atoms with van der Waals surface area (Å²) in [4.78, 5) is 17.6. The van der Waals surface area contributed by atoms with Crippen LogP contribution in [-0.4, -0.2) is 17.5 Å². The Hall–Kier alpha value is -2.13. The molecule has 0 unspecified atom stereocenters. The summed E-state index contributed by atoms with van der Waals surface area (Å²) < 4.78 is 0. The van der Waals surface area contributed by atoms with Crippen molar-refractivity contribution in [3.05, 3.63) is 71.8 Å². The van der Waals surface area contributed by atoms with Crippen molar-refractivity contribution >= 4 is 5.91 Å². The van der Waals surface area contributed by atoms with Gasteiger partial charge in [0.25, 0.3) is 5.91 Å². The summed E-state index contributed by atoms with van der Waals surface area (Å²) in [5, 5.41) is 1.50. The van der Waals surface area contributed by atoms with Crippen LogP contribution in [0, 0.1) is 5.92 Å². The average Bonchev–Trinajstić information content (AvgIpc) is 2.58. The van der Waals surface area contributed by atoms with Crippen LogP contribution < -0.4 is 0 Å². The van der Waals surface area contributed by atoms with E-state index < -0.39 is 0 Å². The normalized spacial score (nSPS) is 17.4. The molecular formula is C19H21NO2. The summed E-state index contributed by atoms with van der Waals surface area (Å²) in [5.41, 5.74) is 2.43. The second kappa shape index (κ2) is 7.23. The SMILES string of the molecule is O=C1[C@H](CCCc2ccccc2)CN1OCc1ccccc1. The number of hydroxylamine groups is 2. The minimum atomic E-state index is 0.129. The quantitative estimate of drug-likeness (QED) is 0.730. The van der Waals surface area contributed by atoms with E-state index >= 15 is 0 Å². The minimum absolute atomic E-state index is 0.129. The van der Waals surface area contributed by atoms with E-state index in [1.807, 2.05) is 36.4 Å². The Morgan fingerprint density at radius 2 is 1.59 bits per heavy atom. The van der Waals surface area contributed by atoms with E-state index in [0.717, 1.165) is 31.4 Å². The predicted molar refractivity (Wildman–Crippen MR) is 85.8 cm³/mol. The van der Waals surface area contributed by atoms with Gasteiger partial charge in [-0.1, -0.05) is 60.7 Å². The summed E-state index contributed by atoms with van der Waals surface area (Å²) in [6, 6.07) is 20.3. The van der Waals surface area contributed by atoms with Crippen LogP contribution in [0.1, 0.15) is 24.0 Å². The van der Waals surface area contributed by atoms with Crippen LogP contribution in [0.25, 0.3) is 0 Å². The molecule has 114 valence electrons. The highest BCUT2D eigenvalue weighted by Crippen LogP contribution is 2.24. The van der Waals surface area contributed by atoms with Gasteiger partial charge in [-0.15, -0.1) is 0 Å². The molecule has 3 rings (SSSR count). The van der Waals surface area contributed by atoms with Crippen molar-refractivity contribution in [3.63, 3.8) is 0 Å². The number of rotatable bonds is 7. The van der Waals surface area contributed by atoms with E-state index in [1.54, 1.807) is 0 Å². The van der Waals surface area contributed by atoms with Gasteiger partial charge in [-0.05, 0) is 30.4 Å². The second-order valence-electron chi connectivity index (χ2n) is 5.73. The zero-order valence-electron chi connectivity index (χ0n) is 12.7.